The lowest BCUT2D eigenvalue weighted by atomic mass is 10.2. The molecule has 0 saturated carbocycles. The molecule has 0 bridgehead atoms. The van der Waals surface area contributed by atoms with Crippen molar-refractivity contribution in [2.24, 2.45) is 0 Å². The third-order valence-electron chi connectivity index (χ3n) is 3.10. The van der Waals surface area contributed by atoms with E-state index in [0.29, 0.717) is 29.0 Å². The minimum Gasteiger partial charge on any atom is -0.493 e. The van der Waals surface area contributed by atoms with Gasteiger partial charge >= 0.3 is 0 Å². The molecular weight excluding hydrogens is 361 g/mol. The van der Waals surface area contributed by atoms with Crippen molar-refractivity contribution in [3.05, 3.63) is 53.8 Å². The van der Waals surface area contributed by atoms with Crippen molar-refractivity contribution < 1.29 is 23.5 Å². The van der Waals surface area contributed by atoms with Gasteiger partial charge in [-0.3, -0.25) is 20.4 Å². The summed E-state index contributed by atoms with van der Waals surface area (Å²) in [6.45, 7) is -0.303. The van der Waals surface area contributed by atoms with Gasteiger partial charge in [-0.15, -0.1) is 0 Å². The Bertz CT molecular complexity index is 799. The molecule has 0 unspecified atom stereocenters. The summed E-state index contributed by atoms with van der Waals surface area (Å²) in [6, 6.07) is 10.1. The van der Waals surface area contributed by atoms with Gasteiger partial charge in [0.05, 0.1) is 7.11 Å². The van der Waals surface area contributed by atoms with Gasteiger partial charge < -0.3 is 14.8 Å². The number of hydrazine groups is 1. The summed E-state index contributed by atoms with van der Waals surface area (Å²) >= 11 is 5.01. The fourth-order valence-electron chi connectivity index (χ4n) is 1.88. The molecule has 9 heteroatoms. The van der Waals surface area contributed by atoms with E-state index in [9.17, 15) is 14.0 Å². The van der Waals surface area contributed by atoms with Crippen LogP contribution < -0.4 is 25.6 Å². The van der Waals surface area contributed by atoms with Crippen molar-refractivity contribution in [2.45, 2.75) is 0 Å². The van der Waals surface area contributed by atoms with E-state index in [1.54, 1.807) is 6.07 Å². The van der Waals surface area contributed by atoms with Crippen molar-refractivity contribution in [1.82, 2.24) is 10.9 Å². The highest BCUT2D eigenvalue weighted by atomic mass is 32.1. The number of amides is 1. The molecule has 0 fully saturated rings. The van der Waals surface area contributed by atoms with E-state index in [2.05, 4.69) is 16.2 Å². The van der Waals surface area contributed by atoms with Crippen molar-refractivity contribution in [3.8, 4) is 11.5 Å². The summed E-state index contributed by atoms with van der Waals surface area (Å²) in [5.41, 5.74) is 5.85. The van der Waals surface area contributed by atoms with Crippen molar-refractivity contribution >= 4 is 35.2 Å². The molecule has 0 saturated heterocycles. The summed E-state index contributed by atoms with van der Waals surface area (Å²) in [6.07, 6.45) is 0.679. The Morgan fingerprint density at radius 2 is 1.88 bits per heavy atom. The number of aldehydes is 1. The van der Waals surface area contributed by atoms with Crippen LogP contribution in [0.4, 0.5) is 10.1 Å². The van der Waals surface area contributed by atoms with Crippen LogP contribution in [0.1, 0.15) is 10.4 Å². The molecule has 2 aromatic carbocycles. The van der Waals surface area contributed by atoms with Crippen LogP contribution in [0.25, 0.3) is 0 Å². The molecule has 26 heavy (non-hydrogen) atoms. The molecule has 7 nitrogen and oxygen atoms in total. The number of methoxy groups -OCH3 is 1. The molecule has 0 aliphatic rings. The smallest absolute Gasteiger partial charge is 0.276 e. The molecular formula is C17H16FN3O4S. The Morgan fingerprint density at radius 1 is 1.15 bits per heavy atom. The molecule has 0 heterocycles. The number of hydrogen-bond donors (Lipinski definition) is 3. The zero-order valence-corrected chi connectivity index (χ0v) is 14.6. The van der Waals surface area contributed by atoms with Gasteiger partial charge in [0.25, 0.3) is 5.91 Å². The highest BCUT2D eigenvalue weighted by Crippen LogP contribution is 2.27. The Balaban J connectivity index is 1.79. The highest BCUT2D eigenvalue weighted by Gasteiger charge is 2.09. The minimum absolute atomic E-state index is 0.123. The number of thiocarbonyl (C=S) groups is 1. The number of benzene rings is 2. The molecule has 3 N–H and O–H groups in total. The molecule has 0 aromatic heterocycles. The number of carbonyl (C=O) groups excluding carboxylic acids is 2. The van der Waals surface area contributed by atoms with Crippen LogP contribution in [-0.2, 0) is 4.79 Å². The number of nitrogens with one attached hydrogen (secondary N) is 3. The van der Waals surface area contributed by atoms with Gasteiger partial charge in [0, 0.05) is 11.3 Å². The SMILES string of the molecule is COc1cc(C=O)ccc1OCC(=O)NNC(=S)Nc1ccc(F)cc1. The first-order valence-electron chi connectivity index (χ1n) is 7.39. The summed E-state index contributed by atoms with van der Waals surface area (Å²) in [5.74, 6) is -0.199. The predicted molar refractivity (Wildman–Crippen MR) is 97.8 cm³/mol. The number of carbonyl (C=O) groups is 2. The molecule has 2 rings (SSSR count). The van der Waals surface area contributed by atoms with Gasteiger partial charge in [0.1, 0.15) is 12.1 Å². The molecule has 0 aliphatic heterocycles. The first-order chi connectivity index (χ1) is 12.5. The van der Waals surface area contributed by atoms with E-state index in [-0.39, 0.29) is 17.5 Å². The standard InChI is InChI=1S/C17H16FN3O4S/c1-24-15-8-11(9-22)2-7-14(15)25-10-16(23)20-21-17(26)19-13-5-3-12(18)4-6-13/h2-9H,10H2,1H3,(H,20,23)(H2,19,21,26). The maximum absolute atomic E-state index is 12.8. The number of ether oxygens (including phenoxy) is 2. The predicted octanol–water partition coefficient (Wildman–Crippen LogP) is 2.04. The summed E-state index contributed by atoms with van der Waals surface area (Å²) in [4.78, 5) is 22.6. The molecule has 136 valence electrons. The third kappa shape index (κ3) is 5.71. The van der Waals surface area contributed by atoms with Gasteiger partial charge in [0.15, 0.2) is 23.2 Å². The number of anilines is 1. The lowest BCUT2D eigenvalue weighted by Crippen LogP contribution is -2.45. The third-order valence-corrected chi connectivity index (χ3v) is 3.30. The van der Waals surface area contributed by atoms with Crippen LogP contribution in [0.15, 0.2) is 42.5 Å². The van der Waals surface area contributed by atoms with Crippen LogP contribution in [0.3, 0.4) is 0 Å². The average molecular weight is 377 g/mol. The number of hydrogen-bond acceptors (Lipinski definition) is 5. The summed E-state index contributed by atoms with van der Waals surface area (Å²) < 4.78 is 23.3. The molecule has 0 aliphatic carbocycles. The van der Waals surface area contributed by atoms with Crippen molar-refractivity contribution in [1.29, 1.82) is 0 Å². The monoisotopic (exact) mass is 377 g/mol. The van der Waals surface area contributed by atoms with Gasteiger partial charge in [-0.25, -0.2) is 4.39 Å². The number of halogens is 1. The van der Waals surface area contributed by atoms with Gasteiger partial charge in [0.2, 0.25) is 0 Å². The summed E-state index contributed by atoms with van der Waals surface area (Å²) in [7, 11) is 1.43. The van der Waals surface area contributed by atoms with Crippen molar-refractivity contribution in [2.75, 3.05) is 19.0 Å². The fourth-order valence-corrected chi connectivity index (χ4v) is 2.05. The topological polar surface area (TPSA) is 88.7 Å². The van der Waals surface area contributed by atoms with Crippen molar-refractivity contribution in [3.63, 3.8) is 0 Å². The average Bonchev–Trinajstić information content (AvgIpc) is 2.66. The van der Waals surface area contributed by atoms with E-state index in [0.717, 1.165) is 0 Å². The Hall–Kier alpha value is -3.20. The van der Waals surface area contributed by atoms with Crippen LogP contribution in [0.5, 0.6) is 11.5 Å². The first-order valence-corrected chi connectivity index (χ1v) is 7.80. The first kappa shape index (κ1) is 19.1. The van der Waals surface area contributed by atoms with E-state index >= 15 is 0 Å². The summed E-state index contributed by atoms with van der Waals surface area (Å²) in [5, 5.41) is 2.90. The largest absolute Gasteiger partial charge is 0.493 e. The van der Waals surface area contributed by atoms with E-state index in [1.807, 2.05) is 0 Å². The van der Waals surface area contributed by atoms with Gasteiger partial charge in [-0.2, -0.15) is 0 Å². The normalized spacial score (nSPS) is 9.77. The van der Waals surface area contributed by atoms with Crippen LogP contribution >= 0.6 is 12.2 Å². The van der Waals surface area contributed by atoms with Crippen LogP contribution in [-0.4, -0.2) is 31.0 Å². The maximum Gasteiger partial charge on any atom is 0.276 e. The lowest BCUT2D eigenvalue weighted by Gasteiger charge is -2.13. The second kappa shape index (κ2) is 9.33. The molecule has 0 spiro atoms. The van der Waals surface area contributed by atoms with Gasteiger partial charge in [-0.05, 0) is 54.7 Å². The van der Waals surface area contributed by atoms with Crippen LogP contribution in [0.2, 0.25) is 0 Å². The highest BCUT2D eigenvalue weighted by molar-refractivity contribution is 7.80. The van der Waals surface area contributed by atoms with E-state index in [1.165, 1.54) is 43.5 Å². The van der Waals surface area contributed by atoms with Gasteiger partial charge in [-0.1, -0.05) is 0 Å². The Labute approximate surface area is 154 Å². The zero-order chi connectivity index (χ0) is 18.9. The molecule has 1 amide bonds. The Kier molecular flexibility index (Phi) is 6.86. The fraction of sp³-hybridized carbons (Fsp3) is 0.118. The quantitative estimate of drug-likeness (QED) is 0.403. The Morgan fingerprint density at radius 3 is 2.54 bits per heavy atom. The second-order valence-electron chi connectivity index (χ2n) is 4.95. The van der Waals surface area contributed by atoms with E-state index < -0.39 is 5.91 Å². The molecule has 2 aromatic rings. The van der Waals surface area contributed by atoms with Crippen LogP contribution in [0, 0.1) is 5.82 Å². The second-order valence-corrected chi connectivity index (χ2v) is 5.36. The number of rotatable bonds is 6. The zero-order valence-electron chi connectivity index (χ0n) is 13.7. The molecule has 0 atom stereocenters. The molecule has 0 radical (unpaired) electrons. The van der Waals surface area contributed by atoms with E-state index in [4.69, 9.17) is 21.7 Å². The minimum atomic E-state index is -0.491. The lowest BCUT2D eigenvalue weighted by molar-refractivity contribution is -0.123. The maximum atomic E-state index is 12.8.